The van der Waals surface area contributed by atoms with Crippen molar-refractivity contribution in [3.8, 4) is 0 Å². The van der Waals surface area contributed by atoms with Crippen molar-refractivity contribution in [3.05, 3.63) is 182 Å². The van der Waals surface area contributed by atoms with Gasteiger partial charge in [-0.1, -0.05) is 215 Å². The Labute approximate surface area is 306 Å². The van der Waals surface area contributed by atoms with Gasteiger partial charge < -0.3 is 5.11 Å². The first-order valence-electron chi connectivity index (χ1n) is 16.8. The quantitative estimate of drug-likeness (QED) is 0.101. The average molecular weight is 728 g/mol. The van der Waals surface area contributed by atoms with E-state index >= 15 is 0 Å². The van der Waals surface area contributed by atoms with Crippen LogP contribution in [0.25, 0.3) is 0 Å². The zero-order valence-corrected chi connectivity index (χ0v) is 31.0. The molecular weight excluding hydrogens is 681 g/mol. The van der Waals surface area contributed by atoms with E-state index in [0.717, 1.165) is 12.8 Å². The van der Waals surface area contributed by atoms with Gasteiger partial charge in [0.1, 0.15) is 0 Å². The minimum atomic E-state index is -0.670. The number of carboxylic acid groups (broad SMARTS) is 1. The molecule has 0 aromatic heterocycles. The molecule has 0 fully saturated rings. The molecule has 0 saturated heterocycles. The number of unbranched alkanes of at least 4 members (excludes halogenated alkanes) is 4. The molecule has 1 N–H and O–H groups in total. The fourth-order valence-electron chi connectivity index (χ4n) is 5.24. The molecule has 0 saturated carbocycles. The van der Waals surface area contributed by atoms with Crippen LogP contribution in [0.3, 0.4) is 0 Å². The van der Waals surface area contributed by atoms with Crippen LogP contribution in [0.1, 0.15) is 45.4 Å². The molecule has 0 aliphatic rings. The molecule has 0 atom stereocenters. The van der Waals surface area contributed by atoms with Crippen LogP contribution in [0, 0.1) is 0 Å². The second-order valence-corrected chi connectivity index (χ2v) is 15.7. The SMILES string of the molecule is CCCCCCCC(=O)O.[Co].c1ccc(P(c2ccccc2)c2ccccc2)cc1.c1ccc(P(c2ccccc2)c2ccccc2)cc1. The van der Waals surface area contributed by atoms with Crippen molar-refractivity contribution in [2.45, 2.75) is 45.4 Å². The number of rotatable bonds is 12. The van der Waals surface area contributed by atoms with Gasteiger partial charge in [0, 0.05) is 23.2 Å². The molecule has 0 aliphatic carbocycles. The van der Waals surface area contributed by atoms with Crippen molar-refractivity contribution in [1.29, 1.82) is 0 Å². The summed E-state index contributed by atoms with van der Waals surface area (Å²) in [4.78, 5) is 10.0. The predicted molar refractivity (Wildman–Crippen MR) is 211 cm³/mol. The third kappa shape index (κ3) is 13.9. The maximum absolute atomic E-state index is 10.0. The van der Waals surface area contributed by atoms with Gasteiger partial charge >= 0.3 is 5.97 Å². The van der Waals surface area contributed by atoms with Crippen molar-refractivity contribution in [3.63, 3.8) is 0 Å². The Balaban J connectivity index is 0.000000208. The van der Waals surface area contributed by atoms with Gasteiger partial charge in [-0.05, 0) is 54.1 Å². The van der Waals surface area contributed by atoms with Crippen molar-refractivity contribution in [1.82, 2.24) is 0 Å². The first-order valence-corrected chi connectivity index (χ1v) is 19.5. The summed E-state index contributed by atoms with van der Waals surface area (Å²) in [5.41, 5.74) is 0. The second-order valence-electron chi connectivity index (χ2n) is 11.2. The minimum absolute atomic E-state index is 0. The Kier molecular flexibility index (Phi) is 19.0. The summed E-state index contributed by atoms with van der Waals surface area (Å²) in [6, 6.07) is 64.7. The van der Waals surface area contributed by atoms with E-state index in [0.29, 0.717) is 6.42 Å². The number of hydrogen-bond acceptors (Lipinski definition) is 1. The number of hydrogen-bond donors (Lipinski definition) is 1. The van der Waals surface area contributed by atoms with Crippen LogP contribution in [0.4, 0.5) is 0 Å². The summed E-state index contributed by atoms with van der Waals surface area (Å²) in [5, 5.41) is 16.7. The van der Waals surface area contributed by atoms with E-state index < -0.39 is 21.8 Å². The molecule has 2 nitrogen and oxygen atoms in total. The van der Waals surface area contributed by atoms with E-state index in [4.69, 9.17) is 5.11 Å². The van der Waals surface area contributed by atoms with Crippen molar-refractivity contribution >= 4 is 53.6 Å². The molecule has 49 heavy (non-hydrogen) atoms. The van der Waals surface area contributed by atoms with Gasteiger partial charge in [-0.15, -0.1) is 0 Å². The van der Waals surface area contributed by atoms with Crippen molar-refractivity contribution in [2.75, 3.05) is 0 Å². The number of carbonyl (C=O) groups is 1. The Morgan fingerprint density at radius 2 is 0.633 bits per heavy atom. The van der Waals surface area contributed by atoms with Crippen LogP contribution in [-0.2, 0) is 21.6 Å². The van der Waals surface area contributed by atoms with Gasteiger partial charge in [0.2, 0.25) is 0 Å². The zero-order valence-electron chi connectivity index (χ0n) is 28.1. The second kappa shape index (κ2) is 23.5. The van der Waals surface area contributed by atoms with Crippen LogP contribution >= 0.6 is 15.8 Å². The number of aliphatic carboxylic acids is 1. The van der Waals surface area contributed by atoms with Crippen molar-refractivity contribution < 1.29 is 26.7 Å². The summed E-state index contributed by atoms with van der Waals surface area (Å²) in [7, 11) is -0.892. The van der Waals surface area contributed by atoms with Gasteiger partial charge in [-0.25, -0.2) is 0 Å². The molecular formula is C44H46CoO2P2. The van der Waals surface area contributed by atoms with Crippen molar-refractivity contribution in [2.24, 2.45) is 0 Å². The normalized spacial score (nSPS) is 10.2. The largest absolute Gasteiger partial charge is 0.481 e. The van der Waals surface area contributed by atoms with Gasteiger partial charge in [0.05, 0.1) is 0 Å². The summed E-state index contributed by atoms with van der Waals surface area (Å²) in [6.45, 7) is 2.15. The Bertz CT molecular complexity index is 1380. The standard InChI is InChI=1S/2C18H15P.C8H16O2.Co/c2*1-4-10-16(11-5-1)19(17-12-6-2-7-13-17)18-14-8-3-9-15-18;1-2-3-4-5-6-7-8(9)10;/h2*1-15H;2-7H2,1H3,(H,9,10);. The maximum atomic E-state index is 10.0. The van der Waals surface area contributed by atoms with Gasteiger partial charge in [-0.2, -0.15) is 0 Å². The Morgan fingerprint density at radius 3 is 0.837 bits per heavy atom. The van der Waals surface area contributed by atoms with E-state index in [1.165, 1.54) is 51.1 Å². The summed E-state index contributed by atoms with van der Waals surface area (Å²) in [5.74, 6) is -0.670. The monoisotopic (exact) mass is 727 g/mol. The molecule has 0 spiro atoms. The molecule has 0 unspecified atom stereocenters. The number of benzene rings is 6. The zero-order chi connectivity index (χ0) is 33.7. The van der Waals surface area contributed by atoms with Crippen LogP contribution in [0.2, 0.25) is 0 Å². The van der Waals surface area contributed by atoms with E-state index in [-0.39, 0.29) is 16.8 Å². The van der Waals surface area contributed by atoms with Crippen LogP contribution in [0.5, 0.6) is 0 Å². The molecule has 1 radical (unpaired) electrons. The number of carboxylic acids is 1. The van der Waals surface area contributed by atoms with Crippen LogP contribution in [-0.4, -0.2) is 11.1 Å². The van der Waals surface area contributed by atoms with E-state index in [9.17, 15) is 4.79 Å². The predicted octanol–water partition coefficient (Wildman–Crippen LogP) is 9.32. The molecule has 253 valence electrons. The van der Waals surface area contributed by atoms with Gasteiger partial charge in [0.15, 0.2) is 0 Å². The molecule has 5 heteroatoms. The first kappa shape index (κ1) is 39.6. The Hall–Kier alpha value is -3.84. The third-order valence-electron chi connectivity index (χ3n) is 7.58. The summed E-state index contributed by atoms with van der Waals surface area (Å²) < 4.78 is 0. The fourth-order valence-corrected chi connectivity index (χ4v) is 9.85. The van der Waals surface area contributed by atoms with Crippen LogP contribution < -0.4 is 31.8 Å². The van der Waals surface area contributed by atoms with Crippen LogP contribution in [0.15, 0.2) is 182 Å². The molecule has 6 aromatic carbocycles. The van der Waals surface area contributed by atoms with Gasteiger partial charge in [-0.3, -0.25) is 4.79 Å². The first-order chi connectivity index (χ1) is 23.7. The fraction of sp³-hybridized carbons (Fsp3) is 0.159. The van der Waals surface area contributed by atoms with E-state index in [2.05, 4.69) is 189 Å². The summed E-state index contributed by atoms with van der Waals surface area (Å²) in [6.07, 6.45) is 5.88. The molecule has 0 bridgehead atoms. The average Bonchev–Trinajstić information content (AvgIpc) is 3.15. The maximum Gasteiger partial charge on any atom is 0.303 e. The molecule has 6 aromatic rings. The van der Waals surface area contributed by atoms with Gasteiger partial charge in [0.25, 0.3) is 0 Å². The molecule has 0 amide bonds. The minimum Gasteiger partial charge on any atom is -0.481 e. The van der Waals surface area contributed by atoms with E-state index in [1.807, 2.05) is 0 Å². The topological polar surface area (TPSA) is 37.3 Å². The third-order valence-corrected chi connectivity index (χ3v) is 12.5. The molecule has 0 heterocycles. The smallest absolute Gasteiger partial charge is 0.303 e. The molecule has 6 rings (SSSR count). The van der Waals surface area contributed by atoms with E-state index in [1.54, 1.807) is 0 Å². The Morgan fingerprint density at radius 1 is 0.408 bits per heavy atom. The molecule has 0 aliphatic heterocycles. The summed E-state index contributed by atoms with van der Waals surface area (Å²) >= 11 is 0.